The zero-order valence-electron chi connectivity index (χ0n) is 8.24. The van der Waals surface area contributed by atoms with E-state index in [1.165, 1.54) is 0 Å². The fourth-order valence-corrected chi connectivity index (χ4v) is 2.00. The van der Waals surface area contributed by atoms with Gasteiger partial charge in [0.15, 0.2) is 6.29 Å². The van der Waals surface area contributed by atoms with E-state index in [0.29, 0.717) is 0 Å². The van der Waals surface area contributed by atoms with Gasteiger partial charge in [0.1, 0.15) is 6.10 Å². The Balaban J connectivity index is 2.27. The summed E-state index contributed by atoms with van der Waals surface area (Å²) in [5, 5.41) is 0.738. The third-order valence-corrected chi connectivity index (χ3v) is 2.73. The minimum atomic E-state index is -0.147. The van der Waals surface area contributed by atoms with Crippen LogP contribution in [0.1, 0.15) is 25.5 Å². The molecule has 0 aliphatic carbocycles. The van der Waals surface area contributed by atoms with E-state index in [-0.39, 0.29) is 18.5 Å². The highest BCUT2D eigenvalue weighted by molar-refractivity contribution is 6.31. The maximum atomic E-state index is 6.08. The van der Waals surface area contributed by atoms with Crippen molar-refractivity contribution >= 4 is 11.6 Å². The lowest BCUT2D eigenvalue weighted by Crippen LogP contribution is -2.10. The molecule has 2 rings (SSSR count). The quantitative estimate of drug-likeness (QED) is 0.712. The Morgan fingerprint density at radius 2 is 1.86 bits per heavy atom. The lowest BCUT2D eigenvalue weighted by molar-refractivity contribution is -0.0494. The molecule has 1 heterocycles. The van der Waals surface area contributed by atoms with Crippen LogP contribution in [0.15, 0.2) is 24.3 Å². The molecule has 0 saturated carbocycles. The first kappa shape index (κ1) is 9.97. The van der Waals surface area contributed by atoms with Gasteiger partial charge in [-0.3, -0.25) is 0 Å². The molecule has 0 aromatic heterocycles. The summed E-state index contributed by atoms with van der Waals surface area (Å²) in [6.07, 6.45) is -0.130. The van der Waals surface area contributed by atoms with E-state index in [4.69, 9.17) is 21.1 Å². The average Bonchev–Trinajstić information content (AvgIpc) is 2.46. The molecule has 1 aromatic rings. The van der Waals surface area contributed by atoms with Crippen LogP contribution in [-0.2, 0) is 9.47 Å². The van der Waals surface area contributed by atoms with Crippen LogP contribution in [-0.4, -0.2) is 12.4 Å². The summed E-state index contributed by atoms with van der Waals surface area (Å²) in [5.41, 5.74) is 1.01. The van der Waals surface area contributed by atoms with Crippen LogP contribution in [0, 0.1) is 0 Å². The molecule has 2 nitrogen and oxygen atoms in total. The molecule has 1 aliphatic heterocycles. The summed E-state index contributed by atoms with van der Waals surface area (Å²) in [6.45, 7) is 3.89. The highest BCUT2D eigenvalue weighted by atomic mass is 35.5. The molecule has 1 aromatic carbocycles. The van der Waals surface area contributed by atoms with Crippen LogP contribution >= 0.6 is 11.6 Å². The van der Waals surface area contributed by atoms with E-state index in [2.05, 4.69) is 0 Å². The third kappa shape index (κ3) is 1.78. The maximum absolute atomic E-state index is 6.08. The van der Waals surface area contributed by atoms with Gasteiger partial charge in [-0.05, 0) is 19.9 Å². The van der Waals surface area contributed by atoms with Gasteiger partial charge in [0.2, 0.25) is 0 Å². The van der Waals surface area contributed by atoms with Crippen molar-refractivity contribution in [3.8, 4) is 0 Å². The molecule has 14 heavy (non-hydrogen) atoms. The van der Waals surface area contributed by atoms with Crippen molar-refractivity contribution in [1.82, 2.24) is 0 Å². The Kier molecular flexibility index (Phi) is 2.77. The van der Waals surface area contributed by atoms with Gasteiger partial charge in [0, 0.05) is 10.6 Å². The summed E-state index contributed by atoms with van der Waals surface area (Å²) < 4.78 is 11.1. The molecular weight excluding hydrogens is 200 g/mol. The van der Waals surface area contributed by atoms with Gasteiger partial charge in [-0.2, -0.15) is 0 Å². The topological polar surface area (TPSA) is 18.5 Å². The predicted octanol–water partition coefficient (Wildman–Crippen LogP) is 3.16. The second kappa shape index (κ2) is 3.89. The van der Waals surface area contributed by atoms with Gasteiger partial charge in [-0.1, -0.05) is 29.8 Å². The minimum Gasteiger partial charge on any atom is -0.347 e. The molecule has 1 aliphatic rings. The smallest absolute Gasteiger partial charge is 0.156 e. The van der Waals surface area contributed by atoms with Crippen LogP contribution in [0.2, 0.25) is 5.02 Å². The molecule has 3 heteroatoms. The number of benzene rings is 1. The van der Waals surface area contributed by atoms with Gasteiger partial charge in [0.05, 0.1) is 6.10 Å². The number of rotatable bonds is 1. The molecule has 1 saturated heterocycles. The van der Waals surface area contributed by atoms with Crippen molar-refractivity contribution in [3.05, 3.63) is 34.9 Å². The Labute approximate surface area is 88.8 Å². The second-order valence-corrected chi connectivity index (χ2v) is 3.89. The molecule has 3 unspecified atom stereocenters. The van der Waals surface area contributed by atoms with Crippen molar-refractivity contribution in [3.63, 3.8) is 0 Å². The molecule has 1 fully saturated rings. The molecule has 0 radical (unpaired) electrons. The first-order valence-electron chi connectivity index (χ1n) is 4.74. The van der Waals surface area contributed by atoms with E-state index < -0.39 is 0 Å². The van der Waals surface area contributed by atoms with E-state index in [1.807, 2.05) is 38.1 Å². The fourth-order valence-electron chi connectivity index (χ4n) is 1.75. The SMILES string of the molecule is CC1OC(C)C(c2ccccc2Cl)O1. The van der Waals surface area contributed by atoms with Crippen molar-refractivity contribution in [2.45, 2.75) is 32.3 Å². The average molecular weight is 213 g/mol. The molecule has 76 valence electrons. The van der Waals surface area contributed by atoms with Gasteiger partial charge in [-0.15, -0.1) is 0 Å². The van der Waals surface area contributed by atoms with Gasteiger partial charge >= 0.3 is 0 Å². The Bertz CT molecular complexity index is 327. The van der Waals surface area contributed by atoms with Crippen LogP contribution in [0.3, 0.4) is 0 Å². The summed E-state index contributed by atoms with van der Waals surface area (Å²) in [7, 11) is 0. The van der Waals surface area contributed by atoms with Crippen LogP contribution in [0.5, 0.6) is 0 Å². The summed E-state index contributed by atoms with van der Waals surface area (Å²) >= 11 is 6.08. The Morgan fingerprint density at radius 1 is 1.14 bits per heavy atom. The molecular formula is C11H13ClO2. The van der Waals surface area contributed by atoms with Crippen molar-refractivity contribution in [2.75, 3.05) is 0 Å². The van der Waals surface area contributed by atoms with Crippen LogP contribution in [0.4, 0.5) is 0 Å². The van der Waals surface area contributed by atoms with E-state index >= 15 is 0 Å². The van der Waals surface area contributed by atoms with Crippen LogP contribution < -0.4 is 0 Å². The van der Waals surface area contributed by atoms with Crippen LogP contribution in [0.25, 0.3) is 0 Å². The highest BCUT2D eigenvalue weighted by Gasteiger charge is 2.32. The number of halogens is 1. The lowest BCUT2D eigenvalue weighted by atomic mass is 10.1. The summed E-state index contributed by atoms with van der Waals surface area (Å²) in [6, 6.07) is 7.72. The molecule has 0 spiro atoms. The minimum absolute atomic E-state index is 0.0429. The Hall–Kier alpha value is -0.570. The van der Waals surface area contributed by atoms with Gasteiger partial charge in [-0.25, -0.2) is 0 Å². The monoisotopic (exact) mass is 212 g/mol. The molecule has 0 amide bonds. The molecule has 3 atom stereocenters. The first-order valence-corrected chi connectivity index (χ1v) is 5.11. The van der Waals surface area contributed by atoms with Crippen molar-refractivity contribution in [1.29, 1.82) is 0 Å². The summed E-state index contributed by atoms with van der Waals surface area (Å²) in [4.78, 5) is 0. The number of hydrogen-bond acceptors (Lipinski definition) is 2. The van der Waals surface area contributed by atoms with Crippen molar-refractivity contribution in [2.24, 2.45) is 0 Å². The second-order valence-electron chi connectivity index (χ2n) is 3.49. The zero-order valence-corrected chi connectivity index (χ0v) is 8.99. The van der Waals surface area contributed by atoms with E-state index in [9.17, 15) is 0 Å². The normalized spacial score (nSPS) is 32.1. The Morgan fingerprint density at radius 3 is 2.43 bits per heavy atom. The molecule has 0 N–H and O–H groups in total. The van der Waals surface area contributed by atoms with E-state index in [0.717, 1.165) is 10.6 Å². The lowest BCUT2D eigenvalue weighted by Gasteiger charge is -2.14. The number of ether oxygens (including phenoxy) is 2. The standard InChI is InChI=1S/C11H13ClO2/c1-7-11(14-8(2)13-7)9-5-3-4-6-10(9)12/h3-8,11H,1-2H3. The predicted molar refractivity (Wildman–Crippen MR) is 55.3 cm³/mol. The maximum Gasteiger partial charge on any atom is 0.156 e. The zero-order chi connectivity index (χ0) is 10.1. The highest BCUT2D eigenvalue weighted by Crippen LogP contribution is 2.35. The van der Waals surface area contributed by atoms with Crippen molar-refractivity contribution < 1.29 is 9.47 Å². The number of hydrogen-bond donors (Lipinski definition) is 0. The third-order valence-electron chi connectivity index (χ3n) is 2.38. The largest absolute Gasteiger partial charge is 0.347 e. The summed E-state index contributed by atoms with van der Waals surface area (Å²) in [5.74, 6) is 0. The fraction of sp³-hybridized carbons (Fsp3) is 0.455. The molecule has 0 bridgehead atoms. The van der Waals surface area contributed by atoms with Gasteiger partial charge in [0.25, 0.3) is 0 Å². The van der Waals surface area contributed by atoms with E-state index in [1.54, 1.807) is 0 Å². The first-order chi connectivity index (χ1) is 6.68. The van der Waals surface area contributed by atoms with Gasteiger partial charge < -0.3 is 9.47 Å².